The molecule has 1 aliphatic rings. The number of para-hydroxylation sites is 1. The van der Waals surface area contributed by atoms with E-state index < -0.39 is 11.6 Å². The van der Waals surface area contributed by atoms with Gasteiger partial charge in [-0.05, 0) is 49.1 Å². The monoisotopic (exact) mass is 446 g/mol. The highest BCUT2D eigenvalue weighted by molar-refractivity contribution is 6.30. The fourth-order valence-corrected chi connectivity index (χ4v) is 3.93. The second-order valence-corrected chi connectivity index (χ2v) is 8.12. The Balaban J connectivity index is 1.43. The van der Waals surface area contributed by atoms with Crippen molar-refractivity contribution in [2.45, 2.75) is 43.3 Å². The quantitative estimate of drug-likeness (QED) is 0.397. The number of imidazole rings is 1. The van der Waals surface area contributed by atoms with E-state index in [0.717, 1.165) is 30.6 Å². The van der Waals surface area contributed by atoms with Crippen molar-refractivity contribution in [3.05, 3.63) is 83.9 Å². The number of hydrogen-bond acceptors (Lipinski definition) is 4. The first kappa shape index (κ1) is 21.2. The molecule has 0 aliphatic carbocycles. The predicted octanol–water partition coefficient (Wildman–Crippen LogP) is 6.01. The summed E-state index contributed by atoms with van der Waals surface area (Å²) in [6.45, 7) is 0.487. The molecule has 5 nitrogen and oxygen atoms in total. The van der Waals surface area contributed by atoms with Crippen molar-refractivity contribution < 1.29 is 14.2 Å². The minimum Gasteiger partial charge on any atom is -0.491 e. The third-order valence-corrected chi connectivity index (χ3v) is 5.75. The zero-order valence-corrected chi connectivity index (χ0v) is 18.0. The summed E-state index contributed by atoms with van der Waals surface area (Å²) in [7, 11) is 0. The maximum atomic E-state index is 6.77. The molecule has 2 heterocycles. The molecule has 1 aliphatic heterocycles. The van der Waals surface area contributed by atoms with Crippen LogP contribution < -0.4 is 4.74 Å². The van der Waals surface area contributed by atoms with Crippen molar-refractivity contribution in [1.29, 1.82) is 0 Å². The zero-order valence-electron chi connectivity index (χ0n) is 16.4. The largest absolute Gasteiger partial charge is 0.491 e. The number of nitrogens with zero attached hydrogens (tertiary/aromatic N) is 2. The third-order valence-electron chi connectivity index (χ3n) is 5.05. The second kappa shape index (κ2) is 10.3. The molecule has 4 atom stereocenters. The van der Waals surface area contributed by atoms with Crippen LogP contribution in [0.25, 0.3) is 0 Å². The van der Waals surface area contributed by atoms with E-state index in [1.54, 1.807) is 12.5 Å². The molecule has 0 spiro atoms. The van der Waals surface area contributed by atoms with Crippen LogP contribution in [0.15, 0.2) is 73.3 Å². The molecule has 2 aromatic carbocycles. The minimum absolute atomic E-state index is 0.0307. The van der Waals surface area contributed by atoms with Crippen LogP contribution >= 0.6 is 23.2 Å². The van der Waals surface area contributed by atoms with Crippen LogP contribution in [0, 0.1) is 0 Å². The Morgan fingerprint density at radius 3 is 2.63 bits per heavy atom. The average molecular weight is 447 g/mol. The maximum Gasteiger partial charge on any atom is 0.159 e. The molecule has 4 unspecified atom stereocenters. The summed E-state index contributed by atoms with van der Waals surface area (Å²) in [5.41, 5.74) is 0.456. The van der Waals surface area contributed by atoms with E-state index in [1.807, 2.05) is 65.4 Å². The molecule has 7 heteroatoms. The number of hydrogen-bond donors (Lipinski definition) is 0. The molecule has 4 rings (SSSR count). The molecule has 0 radical (unpaired) electrons. The lowest BCUT2D eigenvalue weighted by Crippen LogP contribution is -2.35. The highest BCUT2D eigenvalue weighted by Crippen LogP contribution is 2.37. The van der Waals surface area contributed by atoms with Gasteiger partial charge in [0.15, 0.2) is 6.29 Å². The van der Waals surface area contributed by atoms with Crippen LogP contribution in [-0.2, 0) is 9.47 Å². The summed E-state index contributed by atoms with van der Waals surface area (Å²) in [5, 5.41) is 0.665. The number of benzene rings is 2. The van der Waals surface area contributed by atoms with E-state index in [1.165, 1.54) is 0 Å². The van der Waals surface area contributed by atoms with Crippen LogP contribution in [0.2, 0.25) is 5.02 Å². The van der Waals surface area contributed by atoms with Crippen molar-refractivity contribution in [2.24, 2.45) is 0 Å². The van der Waals surface area contributed by atoms with Gasteiger partial charge in [-0.2, -0.15) is 0 Å². The summed E-state index contributed by atoms with van der Waals surface area (Å²) >= 11 is 12.8. The van der Waals surface area contributed by atoms with E-state index >= 15 is 0 Å². The molecular formula is C23H24Cl2N2O3. The van der Waals surface area contributed by atoms with Crippen molar-refractivity contribution in [1.82, 2.24) is 9.55 Å². The summed E-state index contributed by atoms with van der Waals surface area (Å²) in [6, 6.07) is 17.3. The molecule has 0 saturated carbocycles. The highest BCUT2D eigenvalue weighted by atomic mass is 35.5. The number of halogens is 2. The Morgan fingerprint density at radius 1 is 1.10 bits per heavy atom. The van der Waals surface area contributed by atoms with Gasteiger partial charge in [-0.3, -0.25) is 0 Å². The SMILES string of the molecule is Clc1ccc(C(OC2CCCC(COc3ccccc3)O2)C(Cl)n2ccnc2)cc1. The lowest BCUT2D eigenvalue weighted by molar-refractivity contribution is -0.224. The molecule has 1 fully saturated rings. The molecule has 0 N–H and O–H groups in total. The summed E-state index contributed by atoms with van der Waals surface area (Å²) < 4.78 is 20.3. The fraction of sp³-hybridized carbons (Fsp3) is 0.348. The Bertz CT molecular complexity index is 891. The molecule has 1 saturated heterocycles. The first-order chi connectivity index (χ1) is 14.7. The topological polar surface area (TPSA) is 45.5 Å². The molecule has 3 aromatic rings. The number of alkyl halides is 1. The van der Waals surface area contributed by atoms with E-state index in [0.29, 0.717) is 11.6 Å². The molecular weight excluding hydrogens is 423 g/mol. The van der Waals surface area contributed by atoms with Gasteiger partial charge in [0.2, 0.25) is 0 Å². The lowest BCUT2D eigenvalue weighted by Gasteiger charge is -2.34. The van der Waals surface area contributed by atoms with Gasteiger partial charge in [-0.15, -0.1) is 0 Å². The molecule has 0 amide bonds. The minimum atomic E-state index is -0.474. The van der Waals surface area contributed by atoms with Crippen molar-refractivity contribution in [3.8, 4) is 5.75 Å². The normalized spacial score (nSPS) is 21.1. The van der Waals surface area contributed by atoms with Gasteiger partial charge in [-0.25, -0.2) is 4.98 Å². The van der Waals surface area contributed by atoms with Crippen molar-refractivity contribution in [3.63, 3.8) is 0 Å². The number of aromatic nitrogens is 2. The predicted molar refractivity (Wildman–Crippen MR) is 117 cm³/mol. The van der Waals surface area contributed by atoms with Crippen LogP contribution in [0.3, 0.4) is 0 Å². The van der Waals surface area contributed by atoms with Gasteiger partial charge < -0.3 is 18.8 Å². The Labute approximate surface area is 186 Å². The van der Waals surface area contributed by atoms with Gasteiger partial charge in [0.1, 0.15) is 24.0 Å². The summed E-state index contributed by atoms with van der Waals surface area (Å²) in [4.78, 5) is 4.10. The highest BCUT2D eigenvalue weighted by Gasteiger charge is 2.31. The van der Waals surface area contributed by atoms with Crippen molar-refractivity contribution >= 4 is 23.2 Å². The number of rotatable bonds is 8. The van der Waals surface area contributed by atoms with Gasteiger partial charge in [-0.1, -0.05) is 53.5 Å². The Morgan fingerprint density at radius 2 is 1.90 bits per heavy atom. The van der Waals surface area contributed by atoms with Crippen LogP contribution in [0.4, 0.5) is 0 Å². The lowest BCUT2D eigenvalue weighted by atomic mass is 10.1. The molecule has 30 heavy (non-hydrogen) atoms. The average Bonchev–Trinajstić information content (AvgIpc) is 3.32. The number of ether oxygens (including phenoxy) is 3. The third kappa shape index (κ3) is 5.55. The van der Waals surface area contributed by atoms with Gasteiger partial charge in [0.25, 0.3) is 0 Å². The Hall–Kier alpha value is -2.05. The van der Waals surface area contributed by atoms with Crippen LogP contribution in [0.1, 0.15) is 36.4 Å². The first-order valence-electron chi connectivity index (χ1n) is 10.0. The fourth-order valence-electron chi connectivity index (χ4n) is 3.48. The first-order valence-corrected chi connectivity index (χ1v) is 10.9. The summed E-state index contributed by atoms with van der Waals surface area (Å²) in [6.07, 6.45) is 7.12. The zero-order chi connectivity index (χ0) is 20.8. The van der Waals surface area contributed by atoms with Gasteiger partial charge >= 0.3 is 0 Å². The van der Waals surface area contributed by atoms with E-state index in [4.69, 9.17) is 37.4 Å². The maximum absolute atomic E-state index is 6.77. The van der Waals surface area contributed by atoms with Gasteiger partial charge in [0, 0.05) is 17.4 Å². The molecule has 158 valence electrons. The van der Waals surface area contributed by atoms with Gasteiger partial charge in [0.05, 0.1) is 12.4 Å². The van der Waals surface area contributed by atoms with Crippen LogP contribution in [-0.4, -0.2) is 28.6 Å². The van der Waals surface area contributed by atoms with Crippen molar-refractivity contribution in [2.75, 3.05) is 6.61 Å². The van der Waals surface area contributed by atoms with Crippen LogP contribution in [0.5, 0.6) is 5.75 Å². The Kier molecular flexibility index (Phi) is 7.28. The van der Waals surface area contributed by atoms with E-state index in [9.17, 15) is 0 Å². The standard InChI is InChI=1S/C23H24Cl2N2O3/c24-18-11-9-17(10-12-18)22(23(25)27-14-13-26-16-27)30-21-8-4-7-20(29-21)15-28-19-5-2-1-3-6-19/h1-3,5-6,9-14,16,20-23H,4,7-8,15H2. The summed E-state index contributed by atoms with van der Waals surface area (Å²) in [5.74, 6) is 0.837. The molecule has 0 bridgehead atoms. The second-order valence-electron chi connectivity index (χ2n) is 7.23. The smallest absolute Gasteiger partial charge is 0.159 e. The van der Waals surface area contributed by atoms with E-state index in [-0.39, 0.29) is 12.4 Å². The van der Waals surface area contributed by atoms with E-state index in [2.05, 4.69) is 4.98 Å². The molecule has 1 aromatic heterocycles.